The van der Waals surface area contributed by atoms with E-state index < -0.39 is 0 Å². The first-order valence-electron chi connectivity index (χ1n) is 9.68. The van der Waals surface area contributed by atoms with E-state index in [1.807, 2.05) is 51.2 Å². The second-order valence-corrected chi connectivity index (χ2v) is 7.31. The molecule has 27 heavy (non-hydrogen) atoms. The van der Waals surface area contributed by atoms with E-state index in [1.54, 1.807) is 9.58 Å². The van der Waals surface area contributed by atoms with Crippen LogP contribution >= 0.6 is 0 Å². The van der Waals surface area contributed by atoms with Gasteiger partial charge in [0.15, 0.2) is 6.54 Å². The Morgan fingerprint density at radius 2 is 1.81 bits per heavy atom. The van der Waals surface area contributed by atoms with Gasteiger partial charge in [0, 0.05) is 7.05 Å². The van der Waals surface area contributed by atoms with E-state index in [9.17, 15) is 4.79 Å². The number of carbonyl (C=O) groups is 1. The van der Waals surface area contributed by atoms with Crippen LogP contribution in [0.5, 0.6) is 5.75 Å². The van der Waals surface area contributed by atoms with Crippen LogP contribution in [0.2, 0.25) is 0 Å². The summed E-state index contributed by atoms with van der Waals surface area (Å²) in [5.41, 5.74) is 2.71. The minimum Gasteiger partial charge on any atom is -0.488 e. The number of anilines is 1. The van der Waals surface area contributed by atoms with E-state index in [-0.39, 0.29) is 5.91 Å². The minimum absolute atomic E-state index is 0.0695. The molecule has 3 rings (SSSR count). The predicted molar refractivity (Wildman–Crippen MR) is 104 cm³/mol. The van der Waals surface area contributed by atoms with E-state index in [0.29, 0.717) is 6.54 Å². The third kappa shape index (κ3) is 5.30. The number of aryl methyl sites for hydroxylation is 2. The molecule has 1 amide bonds. The van der Waals surface area contributed by atoms with Gasteiger partial charge in [-0.3, -0.25) is 9.48 Å². The van der Waals surface area contributed by atoms with Crippen LogP contribution in [0.15, 0.2) is 30.3 Å². The van der Waals surface area contributed by atoms with Gasteiger partial charge in [-0.15, -0.1) is 0 Å². The highest BCUT2D eigenvalue weighted by molar-refractivity contribution is 5.92. The van der Waals surface area contributed by atoms with Crippen LogP contribution in [0.4, 0.5) is 5.69 Å². The van der Waals surface area contributed by atoms with Crippen LogP contribution in [-0.2, 0) is 11.8 Å². The number of quaternary nitrogens is 2. The molecule has 0 spiro atoms. The molecule has 0 unspecified atom stereocenters. The lowest BCUT2D eigenvalue weighted by Crippen LogP contribution is -3.28. The standard InChI is InChI=1S/C20H29N5O2/c1-16-20(17(2)23(3)22-16)21-19(26)15-25-11-9-24(10-12-25)13-14-27-18-7-5-4-6-8-18/h4-8H,9-15H2,1-3H3,(H,21,26)/p+2. The van der Waals surface area contributed by atoms with Crippen molar-refractivity contribution in [3.63, 3.8) is 0 Å². The lowest BCUT2D eigenvalue weighted by Gasteiger charge is -2.29. The summed E-state index contributed by atoms with van der Waals surface area (Å²) in [4.78, 5) is 15.3. The fourth-order valence-electron chi connectivity index (χ4n) is 3.58. The van der Waals surface area contributed by atoms with E-state index in [4.69, 9.17) is 4.74 Å². The van der Waals surface area contributed by atoms with Crippen molar-refractivity contribution in [1.29, 1.82) is 0 Å². The van der Waals surface area contributed by atoms with E-state index in [0.717, 1.165) is 62.2 Å². The molecule has 0 bridgehead atoms. The Balaban J connectivity index is 1.37. The summed E-state index contributed by atoms with van der Waals surface area (Å²) in [5, 5.41) is 7.39. The van der Waals surface area contributed by atoms with Crippen molar-refractivity contribution >= 4 is 11.6 Å². The molecule has 1 aromatic heterocycles. The first-order chi connectivity index (χ1) is 13.0. The zero-order valence-corrected chi connectivity index (χ0v) is 16.5. The molecule has 1 aromatic carbocycles. The summed E-state index contributed by atoms with van der Waals surface area (Å²) in [7, 11) is 1.90. The van der Waals surface area contributed by atoms with E-state index in [2.05, 4.69) is 10.4 Å². The van der Waals surface area contributed by atoms with Crippen molar-refractivity contribution in [3.8, 4) is 5.75 Å². The summed E-state index contributed by atoms with van der Waals surface area (Å²) in [6.45, 7) is 10.3. The summed E-state index contributed by atoms with van der Waals surface area (Å²) >= 11 is 0. The largest absolute Gasteiger partial charge is 0.488 e. The van der Waals surface area contributed by atoms with Crippen molar-refractivity contribution in [2.75, 3.05) is 51.2 Å². The maximum Gasteiger partial charge on any atom is 0.279 e. The van der Waals surface area contributed by atoms with Gasteiger partial charge < -0.3 is 19.9 Å². The van der Waals surface area contributed by atoms with Gasteiger partial charge in [0.05, 0.1) is 17.1 Å². The molecular formula is C20H31N5O2+2. The summed E-state index contributed by atoms with van der Waals surface area (Å²) in [6.07, 6.45) is 0. The van der Waals surface area contributed by atoms with Gasteiger partial charge in [-0.25, -0.2) is 0 Å². The molecule has 2 heterocycles. The second kappa shape index (κ2) is 9.01. The Kier molecular flexibility index (Phi) is 6.47. The number of ether oxygens (including phenoxy) is 1. The molecule has 7 nitrogen and oxygen atoms in total. The number of hydrogen-bond acceptors (Lipinski definition) is 3. The van der Waals surface area contributed by atoms with Crippen molar-refractivity contribution in [2.24, 2.45) is 7.05 Å². The highest BCUT2D eigenvalue weighted by Crippen LogP contribution is 2.17. The molecule has 146 valence electrons. The Morgan fingerprint density at radius 3 is 2.44 bits per heavy atom. The van der Waals surface area contributed by atoms with Crippen molar-refractivity contribution in [3.05, 3.63) is 41.7 Å². The number of benzene rings is 1. The highest BCUT2D eigenvalue weighted by Gasteiger charge is 2.25. The average Bonchev–Trinajstić information content (AvgIpc) is 2.90. The van der Waals surface area contributed by atoms with Crippen LogP contribution in [-0.4, -0.2) is 61.6 Å². The Bertz CT molecular complexity index is 751. The quantitative estimate of drug-likeness (QED) is 0.574. The molecule has 0 saturated carbocycles. The fraction of sp³-hybridized carbons (Fsp3) is 0.500. The first-order valence-corrected chi connectivity index (χ1v) is 9.68. The smallest absolute Gasteiger partial charge is 0.279 e. The molecule has 0 atom stereocenters. The zero-order chi connectivity index (χ0) is 19.2. The number of piperazine rings is 1. The number of nitrogens with one attached hydrogen (secondary N) is 3. The number of para-hydroxylation sites is 1. The van der Waals surface area contributed by atoms with Crippen molar-refractivity contribution in [1.82, 2.24) is 9.78 Å². The Labute approximate surface area is 160 Å². The maximum absolute atomic E-state index is 12.4. The summed E-state index contributed by atoms with van der Waals surface area (Å²) in [6, 6.07) is 9.95. The van der Waals surface area contributed by atoms with Crippen LogP contribution in [0, 0.1) is 13.8 Å². The molecule has 2 aromatic rings. The molecule has 1 aliphatic heterocycles. The van der Waals surface area contributed by atoms with E-state index in [1.165, 1.54) is 4.90 Å². The van der Waals surface area contributed by atoms with Gasteiger partial charge in [0.2, 0.25) is 0 Å². The molecule has 0 radical (unpaired) electrons. The number of aromatic nitrogens is 2. The maximum atomic E-state index is 12.4. The van der Waals surface area contributed by atoms with Crippen LogP contribution < -0.4 is 19.9 Å². The molecule has 1 fully saturated rings. The predicted octanol–water partition coefficient (Wildman–Crippen LogP) is -1.16. The Morgan fingerprint density at radius 1 is 1.15 bits per heavy atom. The van der Waals surface area contributed by atoms with Crippen LogP contribution in [0.3, 0.4) is 0 Å². The molecular weight excluding hydrogens is 342 g/mol. The lowest BCUT2D eigenvalue weighted by molar-refractivity contribution is -1.01. The normalized spacial score (nSPS) is 19.7. The summed E-state index contributed by atoms with van der Waals surface area (Å²) in [5.74, 6) is 0.999. The monoisotopic (exact) mass is 373 g/mol. The lowest BCUT2D eigenvalue weighted by atomic mass is 10.3. The van der Waals surface area contributed by atoms with Gasteiger partial charge in [-0.2, -0.15) is 5.10 Å². The van der Waals surface area contributed by atoms with Crippen molar-refractivity contribution < 1.29 is 19.3 Å². The number of nitrogens with zero attached hydrogens (tertiary/aromatic N) is 2. The first kappa shape index (κ1) is 19.4. The SMILES string of the molecule is Cc1nn(C)c(C)c1NC(=O)C[NH+]1CC[NH+](CCOc2ccccc2)CC1. The van der Waals surface area contributed by atoms with Gasteiger partial charge in [-0.05, 0) is 26.0 Å². The number of rotatable bonds is 7. The number of hydrogen-bond donors (Lipinski definition) is 3. The van der Waals surface area contributed by atoms with Gasteiger partial charge in [0.25, 0.3) is 5.91 Å². The molecule has 3 N–H and O–H groups in total. The van der Waals surface area contributed by atoms with Gasteiger partial charge in [-0.1, -0.05) is 18.2 Å². The Hall–Kier alpha value is -2.38. The van der Waals surface area contributed by atoms with E-state index >= 15 is 0 Å². The average molecular weight is 374 g/mol. The van der Waals surface area contributed by atoms with Gasteiger partial charge >= 0.3 is 0 Å². The third-order valence-electron chi connectivity index (χ3n) is 5.32. The minimum atomic E-state index is 0.0695. The molecule has 1 aliphatic rings. The molecule has 7 heteroatoms. The number of carbonyl (C=O) groups excluding carboxylic acids is 1. The fourth-order valence-corrected chi connectivity index (χ4v) is 3.58. The molecule has 1 saturated heterocycles. The van der Waals surface area contributed by atoms with Crippen LogP contribution in [0.1, 0.15) is 11.4 Å². The third-order valence-corrected chi connectivity index (χ3v) is 5.32. The van der Waals surface area contributed by atoms with Crippen molar-refractivity contribution in [2.45, 2.75) is 13.8 Å². The topological polar surface area (TPSA) is 65.0 Å². The van der Waals surface area contributed by atoms with Gasteiger partial charge in [0.1, 0.15) is 45.1 Å². The molecule has 0 aliphatic carbocycles. The zero-order valence-electron chi connectivity index (χ0n) is 16.5. The highest BCUT2D eigenvalue weighted by atomic mass is 16.5. The summed E-state index contributed by atoms with van der Waals surface area (Å²) < 4.78 is 7.59. The van der Waals surface area contributed by atoms with Crippen LogP contribution in [0.25, 0.3) is 0 Å². The second-order valence-electron chi connectivity index (χ2n) is 7.31. The number of amides is 1.